The normalized spacial score (nSPS) is 13.7. The second kappa shape index (κ2) is 7.09. The number of aliphatic hydroxyl groups excluding tert-OH is 1. The Hall–Kier alpha value is -2.07. The Morgan fingerprint density at radius 2 is 1.95 bits per heavy atom. The molecule has 2 atom stereocenters. The molecule has 0 spiro atoms. The van der Waals surface area contributed by atoms with Gasteiger partial charge in [0.05, 0.1) is 6.10 Å². The molecule has 0 aliphatic heterocycles. The fourth-order valence-electron chi connectivity index (χ4n) is 2.19. The molecule has 4 nitrogen and oxygen atoms in total. The van der Waals surface area contributed by atoms with Crippen LogP contribution < -0.4 is 5.32 Å². The molecule has 0 fully saturated rings. The van der Waals surface area contributed by atoms with Gasteiger partial charge in [-0.2, -0.15) is 0 Å². The number of aryl methyl sites for hydroxylation is 1. The van der Waals surface area contributed by atoms with Crippen molar-refractivity contribution in [2.24, 2.45) is 0 Å². The fraction of sp³-hybridized carbons (Fsp3) is 0.353. The third-order valence-corrected chi connectivity index (χ3v) is 3.37. The lowest BCUT2D eigenvalue weighted by molar-refractivity contribution is 0.0887. The molecule has 0 bridgehead atoms. The first kappa shape index (κ1) is 15.3. The number of furan rings is 1. The van der Waals surface area contributed by atoms with Gasteiger partial charge in [-0.15, -0.1) is 0 Å². The predicted octanol–water partition coefficient (Wildman–Crippen LogP) is 3.08. The third-order valence-electron chi connectivity index (χ3n) is 3.37. The van der Waals surface area contributed by atoms with E-state index in [2.05, 4.69) is 5.32 Å². The van der Waals surface area contributed by atoms with Crippen LogP contribution in [-0.4, -0.2) is 17.1 Å². The van der Waals surface area contributed by atoms with Gasteiger partial charge in [-0.05, 0) is 31.0 Å². The molecule has 0 unspecified atom stereocenters. The van der Waals surface area contributed by atoms with Crippen LogP contribution in [0.4, 0.5) is 0 Å². The quantitative estimate of drug-likeness (QED) is 0.858. The molecule has 1 heterocycles. The van der Waals surface area contributed by atoms with E-state index in [1.54, 1.807) is 12.1 Å². The maximum absolute atomic E-state index is 12.0. The maximum Gasteiger partial charge on any atom is 0.287 e. The molecule has 112 valence electrons. The van der Waals surface area contributed by atoms with E-state index in [1.165, 1.54) is 0 Å². The largest absolute Gasteiger partial charge is 0.456 e. The van der Waals surface area contributed by atoms with E-state index in [0.717, 1.165) is 17.7 Å². The van der Waals surface area contributed by atoms with Crippen molar-refractivity contribution in [3.05, 3.63) is 59.5 Å². The zero-order valence-electron chi connectivity index (χ0n) is 12.4. The molecule has 1 aromatic heterocycles. The van der Waals surface area contributed by atoms with E-state index in [1.807, 2.05) is 44.2 Å². The molecule has 2 aromatic rings. The number of rotatable bonds is 6. The number of nitrogens with one attached hydrogen (secondary N) is 1. The first-order valence-electron chi connectivity index (χ1n) is 7.22. The van der Waals surface area contributed by atoms with E-state index in [-0.39, 0.29) is 11.9 Å². The lowest BCUT2D eigenvalue weighted by Gasteiger charge is -2.17. The average molecular weight is 287 g/mol. The van der Waals surface area contributed by atoms with Crippen LogP contribution in [0.15, 0.2) is 46.9 Å². The van der Waals surface area contributed by atoms with Gasteiger partial charge in [-0.3, -0.25) is 4.79 Å². The van der Waals surface area contributed by atoms with E-state index < -0.39 is 6.10 Å². The topological polar surface area (TPSA) is 62.5 Å². The fourth-order valence-corrected chi connectivity index (χ4v) is 2.19. The minimum atomic E-state index is -0.593. The smallest absolute Gasteiger partial charge is 0.287 e. The number of amides is 1. The van der Waals surface area contributed by atoms with Crippen LogP contribution in [0.2, 0.25) is 0 Å². The van der Waals surface area contributed by atoms with Crippen LogP contribution in [0.25, 0.3) is 0 Å². The van der Waals surface area contributed by atoms with Crippen LogP contribution in [0.3, 0.4) is 0 Å². The number of hydrogen-bond donors (Lipinski definition) is 2. The minimum absolute atomic E-state index is 0.150. The summed E-state index contributed by atoms with van der Waals surface area (Å²) in [6.07, 6.45) is 0.622. The van der Waals surface area contributed by atoms with Crippen LogP contribution >= 0.6 is 0 Å². The van der Waals surface area contributed by atoms with E-state index in [4.69, 9.17) is 4.42 Å². The van der Waals surface area contributed by atoms with Gasteiger partial charge in [-0.1, -0.05) is 37.3 Å². The lowest BCUT2D eigenvalue weighted by atomic mass is 10.0. The van der Waals surface area contributed by atoms with Crippen molar-refractivity contribution < 1.29 is 14.3 Å². The van der Waals surface area contributed by atoms with Crippen molar-refractivity contribution in [2.45, 2.75) is 38.8 Å². The zero-order chi connectivity index (χ0) is 15.2. The second-order valence-corrected chi connectivity index (χ2v) is 5.16. The Kier molecular flexibility index (Phi) is 5.17. The van der Waals surface area contributed by atoms with Gasteiger partial charge in [0.1, 0.15) is 5.76 Å². The van der Waals surface area contributed by atoms with Gasteiger partial charge in [0.2, 0.25) is 0 Å². The van der Waals surface area contributed by atoms with Gasteiger partial charge in [0, 0.05) is 12.5 Å². The van der Waals surface area contributed by atoms with Gasteiger partial charge in [0.25, 0.3) is 5.91 Å². The van der Waals surface area contributed by atoms with E-state index in [9.17, 15) is 9.90 Å². The highest BCUT2D eigenvalue weighted by molar-refractivity contribution is 5.91. The summed E-state index contributed by atoms with van der Waals surface area (Å²) in [5, 5.41) is 13.0. The lowest BCUT2D eigenvalue weighted by Crippen LogP contribution is -2.33. The first-order valence-corrected chi connectivity index (χ1v) is 7.22. The Bertz CT molecular complexity index is 577. The average Bonchev–Trinajstić information content (AvgIpc) is 2.97. The monoisotopic (exact) mass is 287 g/mol. The molecule has 0 saturated carbocycles. The molecule has 0 aliphatic rings. The van der Waals surface area contributed by atoms with Gasteiger partial charge in [0.15, 0.2) is 5.76 Å². The van der Waals surface area contributed by atoms with Crippen molar-refractivity contribution in [1.29, 1.82) is 0 Å². The van der Waals surface area contributed by atoms with Crippen LogP contribution in [0.5, 0.6) is 0 Å². The molecule has 2 N–H and O–H groups in total. The highest BCUT2D eigenvalue weighted by atomic mass is 16.3. The number of benzene rings is 1. The van der Waals surface area contributed by atoms with Crippen molar-refractivity contribution in [3.63, 3.8) is 0 Å². The van der Waals surface area contributed by atoms with Crippen molar-refractivity contribution in [2.75, 3.05) is 0 Å². The van der Waals surface area contributed by atoms with E-state index in [0.29, 0.717) is 12.2 Å². The van der Waals surface area contributed by atoms with Crippen LogP contribution in [0.1, 0.15) is 48.3 Å². The summed E-state index contributed by atoms with van der Waals surface area (Å²) in [6.45, 7) is 3.84. The molecule has 1 aromatic carbocycles. The predicted molar refractivity (Wildman–Crippen MR) is 81.0 cm³/mol. The summed E-state index contributed by atoms with van der Waals surface area (Å²) in [5.41, 5.74) is 0.852. The Labute approximate surface area is 124 Å². The minimum Gasteiger partial charge on any atom is -0.456 e. The van der Waals surface area contributed by atoms with Crippen molar-refractivity contribution in [3.8, 4) is 0 Å². The molecular weight excluding hydrogens is 266 g/mol. The maximum atomic E-state index is 12.0. The Morgan fingerprint density at radius 3 is 2.57 bits per heavy atom. The third kappa shape index (κ3) is 4.20. The number of carbonyl (C=O) groups is 1. The molecule has 1 amide bonds. The standard InChI is InChI=1S/C17H21NO3/c1-3-14-9-10-16(21-14)17(20)18-12(2)11-15(19)13-7-5-4-6-8-13/h4-10,12,15,19H,3,11H2,1-2H3,(H,18,20)/t12-,15-/m1/s1. The first-order chi connectivity index (χ1) is 10.1. The molecule has 0 aliphatic carbocycles. The number of hydrogen-bond acceptors (Lipinski definition) is 3. The summed E-state index contributed by atoms with van der Waals surface area (Å²) in [7, 11) is 0. The van der Waals surface area contributed by atoms with Crippen LogP contribution in [0, 0.1) is 0 Å². The summed E-state index contributed by atoms with van der Waals surface area (Å²) in [4.78, 5) is 12.0. The highest BCUT2D eigenvalue weighted by Gasteiger charge is 2.17. The molecule has 2 rings (SSSR count). The molecule has 4 heteroatoms. The number of carbonyl (C=O) groups excluding carboxylic acids is 1. The summed E-state index contributed by atoms with van der Waals surface area (Å²) in [6, 6.07) is 12.8. The van der Waals surface area contributed by atoms with Crippen molar-refractivity contribution in [1.82, 2.24) is 5.32 Å². The summed E-state index contributed by atoms with van der Waals surface area (Å²) < 4.78 is 5.41. The van der Waals surface area contributed by atoms with Gasteiger partial charge in [-0.25, -0.2) is 0 Å². The summed E-state index contributed by atoms with van der Waals surface area (Å²) >= 11 is 0. The van der Waals surface area contributed by atoms with Crippen molar-refractivity contribution >= 4 is 5.91 Å². The molecular formula is C17H21NO3. The van der Waals surface area contributed by atoms with Gasteiger partial charge >= 0.3 is 0 Å². The summed E-state index contributed by atoms with van der Waals surface area (Å²) in [5.74, 6) is 0.854. The van der Waals surface area contributed by atoms with E-state index >= 15 is 0 Å². The van der Waals surface area contributed by atoms with Crippen LogP contribution in [-0.2, 0) is 6.42 Å². The molecule has 21 heavy (non-hydrogen) atoms. The molecule has 0 radical (unpaired) electrons. The Morgan fingerprint density at radius 1 is 1.24 bits per heavy atom. The molecule has 0 saturated heterocycles. The highest BCUT2D eigenvalue weighted by Crippen LogP contribution is 2.18. The second-order valence-electron chi connectivity index (χ2n) is 5.16. The van der Waals surface area contributed by atoms with Gasteiger partial charge < -0.3 is 14.8 Å². The SMILES string of the molecule is CCc1ccc(C(=O)N[C@H](C)C[C@@H](O)c2ccccc2)o1. The zero-order valence-corrected chi connectivity index (χ0v) is 12.4. The Balaban J connectivity index is 1.89. The number of aliphatic hydroxyl groups is 1.